The van der Waals surface area contributed by atoms with E-state index in [1.807, 2.05) is 0 Å². The molecule has 14 heavy (non-hydrogen) atoms. The number of unbranched alkanes of at least 4 members (excludes halogenated alkanes) is 7. The Morgan fingerprint density at radius 2 is 1.36 bits per heavy atom. The third kappa shape index (κ3) is 14.5. The minimum atomic E-state index is -0.661. The molecule has 0 saturated heterocycles. The largest absolute Gasteiger partial charge is 0.481 e. The molecule has 0 rings (SSSR count). The molecule has 3 heteroatoms. The van der Waals surface area contributed by atoms with Crippen LogP contribution in [0.15, 0.2) is 0 Å². The third-order valence-corrected chi connectivity index (χ3v) is 2.24. The fraction of sp³-hybridized carbons (Fsp3) is 0.909. The second-order valence-electron chi connectivity index (χ2n) is 3.62. The maximum atomic E-state index is 10.2. The van der Waals surface area contributed by atoms with E-state index in [4.69, 9.17) is 5.11 Å². The van der Waals surface area contributed by atoms with Crippen LogP contribution in [-0.2, 0) is 4.79 Å². The summed E-state index contributed by atoms with van der Waals surface area (Å²) in [6.07, 6.45) is 10.1. The van der Waals surface area contributed by atoms with Crippen molar-refractivity contribution in [3.05, 3.63) is 0 Å². The molecule has 0 spiro atoms. The van der Waals surface area contributed by atoms with Crippen LogP contribution in [0.2, 0.25) is 0 Å². The summed E-state index contributed by atoms with van der Waals surface area (Å²) in [5, 5.41) is 8.39. The van der Waals surface area contributed by atoms with Gasteiger partial charge in [0.1, 0.15) is 0 Å². The zero-order chi connectivity index (χ0) is 9.94. The van der Waals surface area contributed by atoms with Crippen molar-refractivity contribution in [2.24, 2.45) is 0 Å². The lowest BCUT2D eigenvalue weighted by atomic mass is 10.1. The van der Waals surface area contributed by atoms with E-state index in [0.29, 0.717) is 6.42 Å². The molecule has 0 aromatic carbocycles. The number of carbonyl (C=O) groups is 1. The highest BCUT2D eigenvalue weighted by Gasteiger charge is 1.95. The van der Waals surface area contributed by atoms with Crippen LogP contribution in [0.1, 0.15) is 64.7 Å². The molecule has 2 nitrogen and oxygen atoms in total. The maximum absolute atomic E-state index is 10.2. The van der Waals surface area contributed by atoms with Gasteiger partial charge in [-0.05, 0) is 6.42 Å². The summed E-state index contributed by atoms with van der Waals surface area (Å²) in [6.45, 7) is 2.22. The number of aliphatic carboxylic acids is 1. The normalized spacial score (nSPS) is 9.50. The predicted octanol–water partition coefficient (Wildman–Crippen LogP) is 2.42. The van der Waals surface area contributed by atoms with Crippen LogP contribution >= 0.6 is 0 Å². The SMILES string of the molecule is CCCCCCCCCCC(=O)O.[AlH3]. The van der Waals surface area contributed by atoms with Crippen LogP contribution in [0.25, 0.3) is 0 Å². The van der Waals surface area contributed by atoms with E-state index in [0.717, 1.165) is 12.8 Å². The van der Waals surface area contributed by atoms with Gasteiger partial charge in [-0.1, -0.05) is 51.9 Å². The van der Waals surface area contributed by atoms with E-state index in [2.05, 4.69) is 6.92 Å². The smallest absolute Gasteiger partial charge is 0.303 e. The van der Waals surface area contributed by atoms with E-state index in [9.17, 15) is 4.79 Å². The van der Waals surface area contributed by atoms with Gasteiger partial charge in [0.25, 0.3) is 0 Å². The molecule has 1 N–H and O–H groups in total. The van der Waals surface area contributed by atoms with Crippen molar-refractivity contribution in [3.63, 3.8) is 0 Å². The van der Waals surface area contributed by atoms with Gasteiger partial charge in [-0.2, -0.15) is 0 Å². The number of carboxylic acid groups (broad SMARTS) is 1. The molecule has 0 aliphatic heterocycles. The summed E-state index contributed by atoms with van der Waals surface area (Å²) >= 11 is 0. The first-order chi connectivity index (χ1) is 6.27. The highest BCUT2D eigenvalue weighted by molar-refractivity contribution is 5.75. The topological polar surface area (TPSA) is 37.3 Å². The van der Waals surface area contributed by atoms with Gasteiger partial charge in [-0.15, -0.1) is 0 Å². The molecule has 0 saturated carbocycles. The van der Waals surface area contributed by atoms with E-state index in [-0.39, 0.29) is 17.4 Å². The molecule has 0 atom stereocenters. The van der Waals surface area contributed by atoms with Crippen molar-refractivity contribution in [1.82, 2.24) is 0 Å². The van der Waals surface area contributed by atoms with Crippen LogP contribution in [0.5, 0.6) is 0 Å². The predicted molar refractivity (Wildman–Crippen MR) is 64.8 cm³/mol. The minimum Gasteiger partial charge on any atom is -0.481 e. The molecule has 0 unspecified atom stereocenters. The molecule has 84 valence electrons. The van der Waals surface area contributed by atoms with Crippen molar-refractivity contribution in [2.45, 2.75) is 64.7 Å². The van der Waals surface area contributed by atoms with Gasteiger partial charge in [0.2, 0.25) is 0 Å². The van der Waals surface area contributed by atoms with Crippen LogP contribution < -0.4 is 0 Å². The summed E-state index contributed by atoms with van der Waals surface area (Å²) in [5.74, 6) is -0.661. The lowest BCUT2D eigenvalue weighted by Crippen LogP contribution is -1.93. The highest BCUT2D eigenvalue weighted by atomic mass is 27.0. The first-order valence-electron chi connectivity index (χ1n) is 5.49. The zero-order valence-electron chi connectivity index (χ0n) is 8.72. The van der Waals surface area contributed by atoms with Crippen molar-refractivity contribution >= 4 is 23.3 Å². The Morgan fingerprint density at radius 3 is 1.79 bits per heavy atom. The van der Waals surface area contributed by atoms with Crippen molar-refractivity contribution in [2.75, 3.05) is 0 Å². The maximum Gasteiger partial charge on any atom is 0.303 e. The molecule has 0 aliphatic rings. The standard InChI is InChI=1S/C11H22O2.Al.3H/c1-2-3-4-5-6-7-8-9-10-11(12)13;;;;/h2-10H2,1H3,(H,12,13);;;;. The van der Waals surface area contributed by atoms with Gasteiger partial charge >= 0.3 is 5.97 Å². The first kappa shape index (κ1) is 16.4. The molecule has 0 aliphatic carbocycles. The third-order valence-electron chi connectivity index (χ3n) is 2.24. The summed E-state index contributed by atoms with van der Waals surface area (Å²) in [4.78, 5) is 10.2. The number of hydrogen-bond donors (Lipinski definition) is 1. The average Bonchev–Trinajstić information content (AvgIpc) is 2.09. The average molecular weight is 216 g/mol. The van der Waals surface area contributed by atoms with Gasteiger partial charge in [-0.3, -0.25) is 4.79 Å². The summed E-state index contributed by atoms with van der Waals surface area (Å²) < 4.78 is 0. The van der Waals surface area contributed by atoms with Crippen molar-refractivity contribution < 1.29 is 9.90 Å². The second-order valence-corrected chi connectivity index (χ2v) is 3.62. The number of carboxylic acids is 1. The Hall–Kier alpha value is 0.00247. The van der Waals surface area contributed by atoms with Crippen LogP contribution in [0, 0.1) is 0 Å². The van der Waals surface area contributed by atoms with Gasteiger partial charge < -0.3 is 5.11 Å². The van der Waals surface area contributed by atoms with Gasteiger partial charge in [0.05, 0.1) is 0 Å². The fourth-order valence-electron chi connectivity index (χ4n) is 1.41. The van der Waals surface area contributed by atoms with E-state index in [1.54, 1.807) is 0 Å². The minimum absolute atomic E-state index is 0. The monoisotopic (exact) mass is 216 g/mol. The quantitative estimate of drug-likeness (QED) is 0.474. The van der Waals surface area contributed by atoms with Gasteiger partial charge in [0.15, 0.2) is 17.4 Å². The van der Waals surface area contributed by atoms with Gasteiger partial charge in [0, 0.05) is 6.42 Å². The fourth-order valence-corrected chi connectivity index (χ4v) is 1.41. The second kappa shape index (κ2) is 13.0. The molecular formula is C11H25AlO2. The van der Waals surface area contributed by atoms with E-state index < -0.39 is 5.97 Å². The Bertz CT molecular complexity index is 126. The summed E-state index contributed by atoms with van der Waals surface area (Å²) in [6, 6.07) is 0. The Balaban J connectivity index is 0. The molecular weight excluding hydrogens is 191 g/mol. The molecule has 0 bridgehead atoms. The summed E-state index contributed by atoms with van der Waals surface area (Å²) in [7, 11) is 0. The van der Waals surface area contributed by atoms with E-state index in [1.165, 1.54) is 38.5 Å². The number of hydrogen-bond acceptors (Lipinski definition) is 1. The lowest BCUT2D eigenvalue weighted by Gasteiger charge is -1.99. The van der Waals surface area contributed by atoms with Crippen LogP contribution in [0.4, 0.5) is 0 Å². The number of rotatable bonds is 9. The van der Waals surface area contributed by atoms with Crippen LogP contribution in [0.3, 0.4) is 0 Å². The molecule has 0 radical (unpaired) electrons. The Morgan fingerprint density at radius 1 is 0.929 bits per heavy atom. The van der Waals surface area contributed by atoms with Gasteiger partial charge in [-0.25, -0.2) is 0 Å². The first-order valence-corrected chi connectivity index (χ1v) is 5.49. The molecule has 0 fully saturated rings. The Kier molecular flexibility index (Phi) is 15.3. The molecule has 0 amide bonds. The zero-order valence-corrected chi connectivity index (χ0v) is 8.72. The van der Waals surface area contributed by atoms with Crippen LogP contribution in [-0.4, -0.2) is 28.4 Å². The van der Waals surface area contributed by atoms with Crippen molar-refractivity contribution in [3.8, 4) is 0 Å². The summed E-state index contributed by atoms with van der Waals surface area (Å²) in [5.41, 5.74) is 0. The molecule has 0 aromatic heterocycles. The van der Waals surface area contributed by atoms with E-state index >= 15 is 0 Å². The molecule has 0 aromatic rings. The van der Waals surface area contributed by atoms with Crippen molar-refractivity contribution in [1.29, 1.82) is 0 Å². The molecule has 0 heterocycles. The Labute approximate surface area is 98.2 Å². The lowest BCUT2D eigenvalue weighted by molar-refractivity contribution is -0.137. The highest BCUT2D eigenvalue weighted by Crippen LogP contribution is 2.09.